The average molecular weight is 140 g/mol. The monoisotopic (exact) mass is 140 g/mol. The van der Waals surface area contributed by atoms with Crippen LogP contribution in [0.15, 0.2) is 58.7 Å². The van der Waals surface area contributed by atoms with Gasteiger partial charge in [-0.15, -0.1) is 0 Å². The summed E-state index contributed by atoms with van der Waals surface area (Å²) in [5, 5.41) is 0. The molecule has 3 rings (SSSR count). The Morgan fingerprint density at radius 3 is 2.91 bits per heavy atom. The Labute approximate surface area is 65.9 Å². The van der Waals surface area contributed by atoms with Crippen LogP contribution >= 0.6 is 0 Å². The second kappa shape index (κ2) is 1.65. The summed E-state index contributed by atoms with van der Waals surface area (Å²) in [6, 6.07) is 0. The van der Waals surface area contributed by atoms with Crippen molar-refractivity contribution in [1.82, 2.24) is 0 Å². The molecule has 0 atom stereocenters. The van der Waals surface area contributed by atoms with E-state index in [-0.39, 0.29) is 0 Å². The average Bonchev–Trinajstić information content (AvgIpc) is 2.58. The van der Waals surface area contributed by atoms with Crippen molar-refractivity contribution < 1.29 is 0 Å². The number of hydrogen-bond donors (Lipinski definition) is 0. The maximum atomic E-state index is 2.22. The molecule has 0 aromatic heterocycles. The SMILES string of the molecule is C1=CC2=C3C=CC=C3C(=C1)C2. The van der Waals surface area contributed by atoms with E-state index in [0.717, 1.165) is 6.42 Å². The maximum Gasteiger partial charge on any atom is -0.00135 e. The molecule has 0 nitrogen and oxygen atoms in total. The summed E-state index contributed by atoms with van der Waals surface area (Å²) in [5.41, 5.74) is 5.88. The van der Waals surface area contributed by atoms with Gasteiger partial charge in [0.15, 0.2) is 0 Å². The summed E-state index contributed by atoms with van der Waals surface area (Å²) in [4.78, 5) is 0. The van der Waals surface area contributed by atoms with E-state index in [2.05, 4.69) is 36.5 Å². The Morgan fingerprint density at radius 1 is 1.00 bits per heavy atom. The highest BCUT2D eigenvalue weighted by molar-refractivity contribution is 5.69. The molecule has 11 heavy (non-hydrogen) atoms. The van der Waals surface area contributed by atoms with Gasteiger partial charge >= 0.3 is 0 Å². The molecule has 52 valence electrons. The molecule has 0 aliphatic heterocycles. The minimum Gasteiger partial charge on any atom is -0.0617 e. The van der Waals surface area contributed by atoms with Crippen molar-refractivity contribution in [3.63, 3.8) is 0 Å². The van der Waals surface area contributed by atoms with Crippen molar-refractivity contribution in [2.45, 2.75) is 6.42 Å². The van der Waals surface area contributed by atoms with Crippen LogP contribution in [0, 0.1) is 0 Å². The van der Waals surface area contributed by atoms with Gasteiger partial charge in [0.05, 0.1) is 0 Å². The van der Waals surface area contributed by atoms with Gasteiger partial charge < -0.3 is 0 Å². The van der Waals surface area contributed by atoms with Crippen molar-refractivity contribution in [1.29, 1.82) is 0 Å². The highest BCUT2D eigenvalue weighted by Gasteiger charge is 2.23. The molecule has 0 heterocycles. The van der Waals surface area contributed by atoms with E-state index >= 15 is 0 Å². The van der Waals surface area contributed by atoms with Crippen LogP contribution in [0.25, 0.3) is 0 Å². The lowest BCUT2D eigenvalue weighted by Crippen LogP contribution is -1.81. The smallest absolute Gasteiger partial charge is 0.00135 e. The van der Waals surface area contributed by atoms with Gasteiger partial charge in [0, 0.05) is 0 Å². The normalized spacial score (nSPS) is 24.0. The van der Waals surface area contributed by atoms with Crippen molar-refractivity contribution in [3.05, 3.63) is 58.7 Å². The van der Waals surface area contributed by atoms with E-state index in [1.54, 1.807) is 0 Å². The predicted octanol–water partition coefficient (Wildman–Crippen LogP) is 2.68. The van der Waals surface area contributed by atoms with Crippen molar-refractivity contribution in [3.8, 4) is 0 Å². The van der Waals surface area contributed by atoms with Crippen LogP contribution in [0.1, 0.15) is 6.42 Å². The molecule has 0 saturated carbocycles. The minimum absolute atomic E-state index is 1.15. The first kappa shape index (κ1) is 5.36. The number of fused-ring (bicyclic) bond motifs is 4. The van der Waals surface area contributed by atoms with E-state index in [1.165, 1.54) is 22.3 Å². The van der Waals surface area contributed by atoms with Gasteiger partial charge in [-0.25, -0.2) is 0 Å². The highest BCUT2D eigenvalue weighted by Crippen LogP contribution is 2.42. The zero-order chi connectivity index (χ0) is 7.26. The minimum atomic E-state index is 1.15. The van der Waals surface area contributed by atoms with E-state index < -0.39 is 0 Å². The summed E-state index contributed by atoms with van der Waals surface area (Å²) in [6.07, 6.45) is 14.3. The first-order valence-corrected chi connectivity index (χ1v) is 3.95. The number of rotatable bonds is 0. The topological polar surface area (TPSA) is 0 Å². The van der Waals surface area contributed by atoms with E-state index in [1.807, 2.05) is 0 Å². The number of hydrogen-bond acceptors (Lipinski definition) is 0. The molecule has 3 aliphatic carbocycles. The fraction of sp³-hybridized carbons (Fsp3) is 0.0909. The molecule has 0 fully saturated rings. The van der Waals surface area contributed by atoms with Crippen LogP contribution in [0.3, 0.4) is 0 Å². The van der Waals surface area contributed by atoms with Gasteiger partial charge in [-0.1, -0.05) is 36.5 Å². The number of allylic oxidation sites excluding steroid dienone is 10. The Hall–Kier alpha value is -1.30. The molecule has 2 bridgehead atoms. The van der Waals surface area contributed by atoms with E-state index in [0.29, 0.717) is 0 Å². The Bertz CT molecular complexity index is 371. The molecule has 0 radical (unpaired) electrons. The van der Waals surface area contributed by atoms with Crippen LogP contribution in [0.5, 0.6) is 0 Å². The molecule has 0 heteroatoms. The molecule has 3 aliphatic rings. The summed E-state index contributed by atoms with van der Waals surface area (Å²) < 4.78 is 0. The molecule has 0 unspecified atom stereocenters. The van der Waals surface area contributed by atoms with Gasteiger partial charge in [0.2, 0.25) is 0 Å². The third-order valence-electron chi connectivity index (χ3n) is 2.48. The van der Waals surface area contributed by atoms with Crippen molar-refractivity contribution >= 4 is 0 Å². The second-order valence-electron chi connectivity index (χ2n) is 3.11. The van der Waals surface area contributed by atoms with Gasteiger partial charge in [0.25, 0.3) is 0 Å². The molecular weight excluding hydrogens is 132 g/mol. The van der Waals surface area contributed by atoms with Crippen LogP contribution in [-0.2, 0) is 0 Å². The fourth-order valence-electron chi connectivity index (χ4n) is 1.95. The largest absolute Gasteiger partial charge is 0.0617 e. The fourth-order valence-corrected chi connectivity index (χ4v) is 1.95. The van der Waals surface area contributed by atoms with Crippen molar-refractivity contribution in [2.75, 3.05) is 0 Å². The Kier molecular flexibility index (Phi) is 0.803. The predicted molar refractivity (Wildman–Crippen MR) is 46.1 cm³/mol. The standard InChI is InChI=1S/C11H8/c1-3-8-7-9(4-1)11-6-2-5-10(8)11/h1-6H,7H2. The van der Waals surface area contributed by atoms with Crippen LogP contribution in [-0.4, -0.2) is 0 Å². The van der Waals surface area contributed by atoms with Gasteiger partial charge in [-0.3, -0.25) is 0 Å². The summed E-state index contributed by atoms with van der Waals surface area (Å²) in [6.45, 7) is 0. The first-order valence-electron chi connectivity index (χ1n) is 3.95. The van der Waals surface area contributed by atoms with E-state index in [9.17, 15) is 0 Å². The Balaban J connectivity index is 2.36. The zero-order valence-electron chi connectivity index (χ0n) is 6.17. The summed E-state index contributed by atoms with van der Waals surface area (Å²) in [5.74, 6) is 0. The molecule has 0 aromatic carbocycles. The van der Waals surface area contributed by atoms with Gasteiger partial charge in [-0.05, 0) is 28.7 Å². The third-order valence-corrected chi connectivity index (χ3v) is 2.48. The maximum absolute atomic E-state index is 2.22. The second-order valence-corrected chi connectivity index (χ2v) is 3.11. The summed E-state index contributed by atoms with van der Waals surface area (Å²) >= 11 is 0. The molecular formula is C11H8. The molecule has 0 saturated heterocycles. The van der Waals surface area contributed by atoms with Crippen LogP contribution in [0.2, 0.25) is 0 Å². The lowest BCUT2D eigenvalue weighted by atomic mass is 10.1. The van der Waals surface area contributed by atoms with E-state index in [4.69, 9.17) is 0 Å². The van der Waals surface area contributed by atoms with Crippen LogP contribution in [0.4, 0.5) is 0 Å². The lowest BCUT2D eigenvalue weighted by Gasteiger charge is -1.99. The quantitative estimate of drug-likeness (QED) is 0.485. The molecule has 0 N–H and O–H groups in total. The summed E-state index contributed by atoms with van der Waals surface area (Å²) in [7, 11) is 0. The third kappa shape index (κ3) is 0.548. The molecule has 0 aromatic rings. The van der Waals surface area contributed by atoms with Gasteiger partial charge in [-0.2, -0.15) is 0 Å². The van der Waals surface area contributed by atoms with Crippen molar-refractivity contribution in [2.24, 2.45) is 0 Å². The molecule has 0 spiro atoms. The molecule has 0 amide bonds. The van der Waals surface area contributed by atoms with Crippen LogP contribution < -0.4 is 0 Å². The Morgan fingerprint density at radius 2 is 1.91 bits per heavy atom. The zero-order valence-corrected chi connectivity index (χ0v) is 6.17. The highest BCUT2D eigenvalue weighted by atomic mass is 14.3. The first-order chi connectivity index (χ1) is 5.45. The van der Waals surface area contributed by atoms with Gasteiger partial charge in [0.1, 0.15) is 0 Å². The lowest BCUT2D eigenvalue weighted by molar-refractivity contribution is 1.23.